The van der Waals surface area contributed by atoms with Crippen LogP contribution in [0.5, 0.6) is 0 Å². The highest BCUT2D eigenvalue weighted by Gasteiger charge is 2.22. The molecule has 0 atom stereocenters. The van der Waals surface area contributed by atoms with Gasteiger partial charge in [-0.3, -0.25) is 4.79 Å². The van der Waals surface area contributed by atoms with E-state index in [2.05, 4.69) is 0 Å². The Labute approximate surface area is 83.7 Å². The molecule has 0 aliphatic heterocycles. The van der Waals surface area contributed by atoms with Crippen molar-refractivity contribution in [2.75, 3.05) is 6.44 Å². The fraction of sp³-hybridized carbons (Fsp3) is 0.125. The normalized spacial score (nSPS) is 10.1. The van der Waals surface area contributed by atoms with Gasteiger partial charge in [0.15, 0.2) is 23.3 Å². The number of rotatable bonds is 2. The molecule has 0 spiro atoms. The summed E-state index contributed by atoms with van der Waals surface area (Å²) in [6.07, 6.45) is -0.334. The van der Waals surface area contributed by atoms with E-state index in [0.717, 1.165) is 0 Å². The first-order chi connectivity index (χ1) is 6.99. The quantitative estimate of drug-likeness (QED) is 0.341. The molecule has 0 saturated heterocycles. The van der Waals surface area contributed by atoms with Gasteiger partial charge >= 0.3 is 0 Å². The van der Waals surface area contributed by atoms with E-state index in [1.165, 1.54) is 0 Å². The number of carbonyl (C=O) groups excluding carboxylic acids is 1. The molecule has 15 heavy (non-hydrogen) atoms. The Hall–Kier alpha value is -1.53. The lowest BCUT2D eigenvalue weighted by Gasteiger charge is -2.05. The van der Waals surface area contributed by atoms with Crippen molar-refractivity contribution in [3.8, 4) is 0 Å². The molecular formula is C8H4BF4NO. The molecule has 1 rings (SSSR count). The van der Waals surface area contributed by atoms with Gasteiger partial charge in [0.2, 0.25) is 0 Å². The molecule has 0 fully saturated rings. The van der Waals surface area contributed by atoms with Crippen molar-refractivity contribution in [2.24, 2.45) is 0 Å². The lowest BCUT2D eigenvalue weighted by molar-refractivity contribution is 0.0954. The van der Waals surface area contributed by atoms with Crippen LogP contribution in [0.4, 0.5) is 17.6 Å². The van der Waals surface area contributed by atoms with E-state index in [-0.39, 0.29) is 12.5 Å². The summed E-state index contributed by atoms with van der Waals surface area (Å²) in [6.45, 7) is 0. The molecule has 0 saturated carbocycles. The largest absolute Gasteiger partial charge is 0.361 e. The van der Waals surface area contributed by atoms with Gasteiger partial charge in [0.1, 0.15) is 0 Å². The van der Waals surface area contributed by atoms with Crippen molar-refractivity contribution in [1.29, 1.82) is 0 Å². The summed E-state index contributed by atoms with van der Waals surface area (Å²) in [5.74, 6) is -8.50. The van der Waals surface area contributed by atoms with Crippen molar-refractivity contribution in [1.82, 2.24) is 5.32 Å². The Morgan fingerprint density at radius 1 is 1.20 bits per heavy atom. The van der Waals surface area contributed by atoms with E-state index >= 15 is 0 Å². The van der Waals surface area contributed by atoms with Crippen LogP contribution in [0.25, 0.3) is 0 Å². The second kappa shape index (κ2) is 4.33. The van der Waals surface area contributed by atoms with E-state index in [1.807, 2.05) is 5.32 Å². The molecule has 0 heterocycles. The molecule has 0 unspecified atom stereocenters. The van der Waals surface area contributed by atoms with Crippen molar-refractivity contribution in [3.63, 3.8) is 0 Å². The van der Waals surface area contributed by atoms with Gasteiger partial charge in [-0.25, -0.2) is 17.6 Å². The molecular weight excluding hydrogens is 213 g/mol. The molecule has 1 aromatic carbocycles. The van der Waals surface area contributed by atoms with Crippen LogP contribution < -0.4 is 5.32 Å². The van der Waals surface area contributed by atoms with Crippen LogP contribution in [-0.2, 0) is 0 Å². The third-order valence-corrected chi connectivity index (χ3v) is 1.61. The number of halogens is 4. The van der Waals surface area contributed by atoms with Crippen LogP contribution in [0.2, 0.25) is 0 Å². The Bertz CT molecular complexity index is 410. The van der Waals surface area contributed by atoms with Gasteiger partial charge in [-0.15, -0.1) is 0 Å². The molecule has 1 amide bonds. The second-order valence-corrected chi connectivity index (χ2v) is 2.56. The van der Waals surface area contributed by atoms with E-state index in [1.54, 1.807) is 0 Å². The van der Waals surface area contributed by atoms with E-state index in [9.17, 15) is 22.4 Å². The maximum atomic E-state index is 12.9. The molecule has 0 bridgehead atoms. The summed E-state index contributed by atoms with van der Waals surface area (Å²) >= 11 is 0. The predicted molar refractivity (Wildman–Crippen MR) is 44.4 cm³/mol. The van der Waals surface area contributed by atoms with Crippen molar-refractivity contribution >= 4 is 13.8 Å². The summed E-state index contributed by atoms with van der Waals surface area (Å²) in [5, 5.41) is 1.92. The molecule has 2 radical (unpaired) electrons. The minimum absolute atomic E-state index is 0.263. The fourth-order valence-corrected chi connectivity index (χ4v) is 0.926. The van der Waals surface area contributed by atoms with Crippen LogP contribution in [0.1, 0.15) is 10.4 Å². The standard InChI is InChI=1S/C8H4BF4NO/c9-2-14-8(15)3-1-4(10)6(12)7(13)5(3)11/h1H,2H2,(H,14,15). The highest BCUT2D eigenvalue weighted by atomic mass is 19.2. The Morgan fingerprint density at radius 3 is 2.33 bits per heavy atom. The van der Waals surface area contributed by atoms with Crippen LogP contribution >= 0.6 is 0 Å². The number of hydrogen-bond donors (Lipinski definition) is 1. The summed E-state index contributed by atoms with van der Waals surface area (Å²) in [7, 11) is 4.91. The van der Waals surface area contributed by atoms with Crippen LogP contribution in [0.3, 0.4) is 0 Å². The zero-order chi connectivity index (χ0) is 11.6. The van der Waals surface area contributed by atoms with Crippen molar-refractivity contribution in [2.45, 2.75) is 0 Å². The van der Waals surface area contributed by atoms with Gasteiger partial charge in [0, 0.05) is 0 Å². The first-order valence-corrected chi connectivity index (χ1v) is 3.80. The minimum atomic E-state index is -2.03. The SMILES string of the molecule is [B]CNC(=O)c1cc(F)c(F)c(F)c1F. The molecule has 1 N–H and O–H groups in total. The predicted octanol–water partition coefficient (Wildman–Crippen LogP) is 1.10. The molecule has 2 nitrogen and oxygen atoms in total. The maximum absolute atomic E-state index is 12.9. The summed E-state index contributed by atoms with van der Waals surface area (Å²) in [4.78, 5) is 11.0. The van der Waals surface area contributed by atoms with Gasteiger partial charge in [0.25, 0.3) is 5.91 Å². The first kappa shape index (κ1) is 11.5. The van der Waals surface area contributed by atoms with Crippen LogP contribution in [0, 0.1) is 23.3 Å². The minimum Gasteiger partial charge on any atom is -0.361 e. The van der Waals surface area contributed by atoms with Crippen LogP contribution in [-0.4, -0.2) is 20.2 Å². The van der Waals surface area contributed by atoms with Crippen LogP contribution in [0.15, 0.2) is 6.07 Å². The number of carbonyl (C=O) groups is 1. The van der Waals surface area contributed by atoms with E-state index < -0.39 is 34.7 Å². The molecule has 7 heteroatoms. The topological polar surface area (TPSA) is 29.1 Å². The van der Waals surface area contributed by atoms with Crippen molar-refractivity contribution < 1.29 is 22.4 Å². The van der Waals surface area contributed by atoms with Gasteiger partial charge in [-0.1, -0.05) is 0 Å². The summed E-state index contributed by atoms with van der Waals surface area (Å²) < 4.78 is 50.7. The van der Waals surface area contributed by atoms with Gasteiger partial charge in [0.05, 0.1) is 13.4 Å². The number of nitrogens with one attached hydrogen (secondary N) is 1. The highest BCUT2D eigenvalue weighted by molar-refractivity contribution is 6.11. The molecule has 0 aliphatic rings. The van der Waals surface area contributed by atoms with E-state index in [0.29, 0.717) is 0 Å². The number of hydrogen-bond acceptors (Lipinski definition) is 1. The summed E-state index contributed by atoms with van der Waals surface area (Å²) in [5.41, 5.74) is -0.933. The first-order valence-electron chi connectivity index (χ1n) is 3.80. The van der Waals surface area contributed by atoms with Gasteiger partial charge in [-0.05, 0) is 12.5 Å². The highest BCUT2D eigenvalue weighted by Crippen LogP contribution is 2.18. The van der Waals surface area contributed by atoms with Gasteiger partial charge < -0.3 is 5.32 Å². The Morgan fingerprint density at radius 2 is 1.80 bits per heavy atom. The maximum Gasteiger partial charge on any atom is 0.253 e. The number of benzene rings is 1. The third kappa shape index (κ3) is 2.11. The Balaban J connectivity index is 3.26. The average Bonchev–Trinajstić information content (AvgIpc) is 2.20. The molecule has 1 aromatic rings. The molecule has 78 valence electrons. The third-order valence-electron chi connectivity index (χ3n) is 1.61. The number of amides is 1. The fourth-order valence-electron chi connectivity index (χ4n) is 0.926. The second-order valence-electron chi connectivity index (χ2n) is 2.56. The van der Waals surface area contributed by atoms with Gasteiger partial charge in [-0.2, -0.15) is 0 Å². The monoisotopic (exact) mass is 217 g/mol. The summed E-state index contributed by atoms with van der Waals surface area (Å²) in [6, 6.07) is 0.263. The molecule has 0 aliphatic carbocycles. The van der Waals surface area contributed by atoms with Crippen molar-refractivity contribution in [3.05, 3.63) is 34.9 Å². The zero-order valence-corrected chi connectivity index (χ0v) is 7.28. The Kier molecular flexibility index (Phi) is 3.33. The average molecular weight is 217 g/mol. The smallest absolute Gasteiger partial charge is 0.253 e. The lowest BCUT2D eigenvalue weighted by atomic mass is 10.1. The molecule has 0 aromatic heterocycles. The zero-order valence-electron chi connectivity index (χ0n) is 7.28. The lowest BCUT2D eigenvalue weighted by Crippen LogP contribution is -2.26. The van der Waals surface area contributed by atoms with E-state index in [4.69, 9.17) is 7.85 Å².